The number of hydrogen-bond acceptors (Lipinski definition) is 6. The van der Waals surface area contributed by atoms with Crippen LogP contribution in [-0.4, -0.2) is 17.9 Å². The van der Waals surface area contributed by atoms with E-state index in [9.17, 15) is 20.2 Å². The van der Waals surface area contributed by atoms with E-state index in [0.717, 1.165) is 5.56 Å². The van der Waals surface area contributed by atoms with Gasteiger partial charge in [0.2, 0.25) is 0 Å². The second kappa shape index (κ2) is 9.61. The second-order valence-electron chi connectivity index (χ2n) is 6.33. The number of carbonyl (C=O) groups excluding carboxylic acids is 1. The molecule has 0 fully saturated rings. The predicted octanol–water partition coefficient (Wildman–Crippen LogP) is 4.74. The van der Waals surface area contributed by atoms with Gasteiger partial charge in [-0.1, -0.05) is 23.7 Å². The van der Waals surface area contributed by atoms with Crippen LogP contribution < -0.4 is 10.1 Å². The summed E-state index contributed by atoms with van der Waals surface area (Å²) in [4.78, 5) is 22.8. The highest BCUT2D eigenvalue weighted by atomic mass is 35.5. The molecule has 9 heteroatoms. The monoisotopic (exact) mass is 437 g/mol. The van der Waals surface area contributed by atoms with E-state index in [1.165, 1.54) is 18.2 Å². The lowest BCUT2D eigenvalue weighted by Gasteiger charge is -2.05. The molecule has 0 spiro atoms. The van der Waals surface area contributed by atoms with Gasteiger partial charge in [0.25, 0.3) is 11.6 Å². The Morgan fingerprint density at radius 1 is 1.26 bits per heavy atom. The first-order chi connectivity index (χ1) is 14.9. The summed E-state index contributed by atoms with van der Waals surface area (Å²) in [6.07, 6.45) is 1.30. The molecule has 3 rings (SSSR count). The van der Waals surface area contributed by atoms with Crippen molar-refractivity contribution in [3.05, 3.63) is 86.6 Å². The number of nitro benzene ring substituents is 1. The maximum Gasteiger partial charge on any atom is 0.288 e. The zero-order chi connectivity index (χ0) is 22.4. The smallest absolute Gasteiger partial charge is 0.288 e. The van der Waals surface area contributed by atoms with Crippen LogP contribution in [0, 0.1) is 21.4 Å². The molecule has 1 amide bonds. The first kappa shape index (κ1) is 21.6. The summed E-state index contributed by atoms with van der Waals surface area (Å²) in [5, 5.41) is 23.1. The summed E-state index contributed by atoms with van der Waals surface area (Å²) in [6, 6.07) is 16.4. The zero-order valence-corrected chi connectivity index (χ0v) is 17.1. The lowest BCUT2D eigenvalue weighted by molar-refractivity contribution is -0.384. The van der Waals surface area contributed by atoms with Gasteiger partial charge in [-0.2, -0.15) is 5.26 Å². The molecular weight excluding hydrogens is 422 g/mol. The molecule has 1 N–H and O–H groups in total. The molecule has 0 atom stereocenters. The van der Waals surface area contributed by atoms with E-state index in [-0.39, 0.29) is 28.6 Å². The minimum atomic E-state index is -0.587. The highest BCUT2D eigenvalue weighted by Crippen LogP contribution is 2.31. The van der Waals surface area contributed by atoms with Gasteiger partial charge in [0.1, 0.15) is 33.9 Å². The minimum absolute atomic E-state index is 0.0146. The van der Waals surface area contributed by atoms with Crippen LogP contribution >= 0.6 is 11.6 Å². The fourth-order valence-corrected chi connectivity index (χ4v) is 2.89. The summed E-state index contributed by atoms with van der Waals surface area (Å²) in [5.74, 6) is 0.733. The number of nitro groups is 1. The van der Waals surface area contributed by atoms with E-state index < -0.39 is 10.8 Å². The highest BCUT2D eigenvalue weighted by Gasteiger charge is 2.16. The van der Waals surface area contributed by atoms with Crippen LogP contribution in [0.25, 0.3) is 17.4 Å². The van der Waals surface area contributed by atoms with Crippen molar-refractivity contribution in [2.45, 2.75) is 6.54 Å². The van der Waals surface area contributed by atoms with Crippen LogP contribution in [0.4, 0.5) is 5.69 Å². The SMILES string of the molecule is COc1ccc(CNC(=O)/C(C#N)=C/c2ccc(-c3ccc(Cl)c([N+](=O)[O-])c3)o2)cc1. The number of nitriles is 1. The molecule has 3 aromatic rings. The molecule has 0 bridgehead atoms. The standard InChI is InChI=1S/C22H16ClN3O5/c1-30-17-5-2-14(3-6-17)13-25-22(27)16(12-24)10-18-7-9-21(31-18)15-4-8-19(23)20(11-15)26(28)29/h2-11H,13H2,1H3,(H,25,27)/b16-10+. The van der Waals surface area contributed by atoms with Gasteiger partial charge >= 0.3 is 0 Å². The van der Waals surface area contributed by atoms with Gasteiger partial charge in [0, 0.05) is 24.3 Å². The fourth-order valence-electron chi connectivity index (χ4n) is 2.70. The van der Waals surface area contributed by atoms with Crippen molar-refractivity contribution in [2.24, 2.45) is 0 Å². The quantitative estimate of drug-likeness (QED) is 0.247. The van der Waals surface area contributed by atoms with Crippen molar-refractivity contribution >= 4 is 29.3 Å². The van der Waals surface area contributed by atoms with Crippen LogP contribution in [0.15, 0.2) is 64.6 Å². The van der Waals surface area contributed by atoms with Crippen molar-refractivity contribution in [3.63, 3.8) is 0 Å². The topological polar surface area (TPSA) is 118 Å². The number of nitrogens with zero attached hydrogens (tertiary/aromatic N) is 2. The number of rotatable bonds is 7. The predicted molar refractivity (Wildman–Crippen MR) is 114 cm³/mol. The van der Waals surface area contributed by atoms with E-state index in [0.29, 0.717) is 17.1 Å². The molecule has 2 aromatic carbocycles. The lowest BCUT2D eigenvalue weighted by Crippen LogP contribution is -2.23. The molecule has 0 saturated carbocycles. The number of amides is 1. The average Bonchev–Trinajstić information content (AvgIpc) is 3.25. The van der Waals surface area contributed by atoms with Gasteiger partial charge < -0.3 is 14.5 Å². The van der Waals surface area contributed by atoms with Gasteiger partial charge in [-0.15, -0.1) is 0 Å². The molecule has 0 aliphatic heterocycles. The number of furan rings is 1. The summed E-state index contributed by atoms with van der Waals surface area (Å²) < 4.78 is 10.7. The van der Waals surface area contributed by atoms with E-state index >= 15 is 0 Å². The van der Waals surface area contributed by atoms with Crippen molar-refractivity contribution in [3.8, 4) is 23.1 Å². The van der Waals surface area contributed by atoms with Crippen molar-refractivity contribution < 1.29 is 18.9 Å². The molecule has 0 aliphatic rings. The number of carbonyl (C=O) groups is 1. The van der Waals surface area contributed by atoms with Gasteiger partial charge in [-0.05, 0) is 42.0 Å². The van der Waals surface area contributed by atoms with Crippen molar-refractivity contribution in [2.75, 3.05) is 7.11 Å². The molecule has 0 unspecified atom stereocenters. The third-order valence-corrected chi connectivity index (χ3v) is 4.64. The number of ether oxygens (including phenoxy) is 1. The van der Waals surface area contributed by atoms with Crippen LogP contribution in [-0.2, 0) is 11.3 Å². The maximum atomic E-state index is 12.4. The van der Waals surface area contributed by atoms with Crippen molar-refractivity contribution in [1.82, 2.24) is 5.32 Å². The molecule has 156 valence electrons. The number of hydrogen-bond donors (Lipinski definition) is 1. The summed E-state index contributed by atoms with van der Waals surface area (Å²) in [5.41, 5.74) is 0.897. The first-order valence-electron chi connectivity index (χ1n) is 8.98. The summed E-state index contributed by atoms with van der Waals surface area (Å²) >= 11 is 5.83. The van der Waals surface area contributed by atoms with Gasteiger partial charge in [-0.25, -0.2) is 0 Å². The average molecular weight is 438 g/mol. The normalized spacial score (nSPS) is 10.9. The largest absolute Gasteiger partial charge is 0.497 e. The molecule has 0 aliphatic carbocycles. The number of methoxy groups -OCH3 is 1. The summed E-state index contributed by atoms with van der Waals surface area (Å²) in [7, 11) is 1.56. The Balaban J connectivity index is 1.73. The van der Waals surface area contributed by atoms with Gasteiger partial charge in [-0.3, -0.25) is 14.9 Å². The number of halogens is 1. The Morgan fingerprint density at radius 2 is 2.00 bits per heavy atom. The Hall–Kier alpha value is -4.09. The van der Waals surface area contributed by atoms with Crippen LogP contribution in [0.1, 0.15) is 11.3 Å². The van der Waals surface area contributed by atoms with Crippen molar-refractivity contribution in [1.29, 1.82) is 5.26 Å². The lowest BCUT2D eigenvalue weighted by atomic mass is 10.1. The molecule has 1 aromatic heterocycles. The fraction of sp³-hybridized carbons (Fsp3) is 0.0909. The number of benzene rings is 2. The summed E-state index contributed by atoms with van der Waals surface area (Å²) in [6.45, 7) is 0.236. The maximum absolute atomic E-state index is 12.4. The Kier molecular flexibility index (Phi) is 6.70. The van der Waals surface area contributed by atoms with Crippen LogP contribution in [0.3, 0.4) is 0 Å². The third kappa shape index (κ3) is 5.29. The van der Waals surface area contributed by atoms with Crippen LogP contribution in [0.2, 0.25) is 5.02 Å². The molecule has 0 radical (unpaired) electrons. The van der Waals surface area contributed by atoms with Gasteiger partial charge in [0.05, 0.1) is 12.0 Å². The minimum Gasteiger partial charge on any atom is -0.497 e. The molecule has 8 nitrogen and oxygen atoms in total. The molecule has 1 heterocycles. The Bertz CT molecular complexity index is 1190. The van der Waals surface area contributed by atoms with E-state index in [2.05, 4.69) is 5.32 Å². The second-order valence-corrected chi connectivity index (χ2v) is 6.73. The Morgan fingerprint density at radius 3 is 2.65 bits per heavy atom. The zero-order valence-electron chi connectivity index (χ0n) is 16.3. The molecular formula is C22H16ClN3O5. The van der Waals surface area contributed by atoms with Crippen LogP contribution in [0.5, 0.6) is 5.75 Å². The van der Waals surface area contributed by atoms with E-state index in [1.807, 2.05) is 6.07 Å². The highest BCUT2D eigenvalue weighted by molar-refractivity contribution is 6.32. The van der Waals surface area contributed by atoms with E-state index in [4.69, 9.17) is 20.8 Å². The van der Waals surface area contributed by atoms with E-state index in [1.54, 1.807) is 49.6 Å². The third-order valence-electron chi connectivity index (χ3n) is 4.32. The first-order valence-corrected chi connectivity index (χ1v) is 9.36. The number of nitrogens with one attached hydrogen (secondary N) is 1. The molecule has 0 saturated heterocycles. The Labute approximate surface area is 182 Å². The van der Waals surface area contributed by atoms with Gasteiger partial charge in [0.15, 0.2) is 0 Å². The molecule has 31 heavy (non-hydrogen) atoms.